The van der Waals surface area contributed by atoms with E-state index >= 15 is 0 Å². The molecule has 0 bridgehead atoms. The molecule has 0 saturated heterocycles. The smallest absolute Gasteiger partial charge is 0.284 e. The summed E-state index contributed by atoms with van der Waals surface area (Å²) in [5.74, 6) is -0.223. The Labute approximate surface area is 155 Å². The molecule has 1 saturated carbocycles. The van der Waals surface area contributed by atoms with Gasteiger partial charge in [-0.15, -0.1) is 0 Å². The number of rotatable bonds is 3. The van der Waals surface area contributed by atoms with Crippen molar-refractivity contribution in [2.45, 2.75) is 19.1 Å². The number of nitrogens with zero attached hydrogens (tertiary/aromatic N) is 2. The Morgan fingerprint density at radius 3 is 2.60 bits per heavy atom. The molecule has 2 aromatic rings. The van der Waals surface area contributed by atoms with E-state index in [2.05, 4.69) is 4.99 Å². The highest BCUT2D eigenvalue weighted by molar-refractivity contribution is 6.37. The Kier molecular flexibility index (Phi) is 4.26. The topological polar surface area (TPSA) is 32.7 Å². The largest absolute Gasteiger partial charge is 0.307 e. The van der Waals surface area contributed by atoms with E-state index in [4.69, 9.17) is 23.2 Å². The zero-order chi connectivity index (χ0) is 17.6. The van der Waals surface area contributed by atoms with Gasteiger partial charge in [-0.1, -0.05) is 41.4 Å². The van der Waals surface area contributed by atoms with Gasteiger partial charge in [0.15, 0.2) is 0 Å². The minimum atomic E-state index is -1.96. The maximum Gasteiger partial charge on any atom is 0.284 e. The third-order valence-corrected chi connectivity index (χ3v) is 5.05. The van der Waals surface area contributed by atoms with E-state index < -0.39 is 12.2 Å². The number of alkyl halides is 1. The van der Waals surface area contributed by atoms with Crippen LogP contribution in [0.1, 0.15) is 24.0 Å². The van der Waals surface area contributed by atoms with Gasteiger partial charge in [0.2, 0.25) is 0 Å². The highest BCUT2D eigenvalue weighted by Gasteiger charge is 2.36. The van der Waals surface area contributed by atoms with Crippen molar-refractivity contribution in [3.05, 3.63) is 63.6 Å². The summed E-state index contributed by atoms with van der Waals surface area (Å²) >= 11 is 12.5. The predicted octanol–water partition coefficient (Wildman–Crippen LogP) is 4.88. The highest BCUT2D eigenvalue weighted by Crippen LogP contribution is 2.37. The molecular weight excluding hydrogens is 362 g/mol. The number of carbonyl (C=O) groups excluding carboxylic acids is 1. The normalized spacial score (nSPS) is 20.1. The zero-order valence-electron chi connectivity index (χ0n) is 13.3. The van der Waals surface area contributed by atoms with Crippen LogP contribution in [-0.2, 0) is 4.79 Å². The second-order valence-corrected chi connectivity index (χ2v) is 7.19. The van der Waals surface area contributed by atoms with Gasteiger partial charge in [0.05, 0.1) is 11.4 Å². The van der Waals surface area contributed by atoms with E-state index in [1.807, 2.05) is 0 Å². The standard InChI is InChI=1S/C19H15Cl2FN2O/c20-12-7-8-16-14(9-12)17(13-3-1-2-4-15(13)21)23-18(22)19(25)24(16)10-11-5-6-11/h1-4,7-9,11,18H,5-6,10H2. The van der Waals surface area contributed by atoms with Crippen molar-refractivity contribution in [2.75, 3.05) is 11.4 Å². The zero-order valence-corrected chi connectivity index (χ0v) is 14.8. The lowest BCUT2D eigenvalue weighted by Crippen LogP contribution is -2.37. The number of anilines is 1. The van der Waals surface area contributed by atoms with Crippen LogP contribution in [0.5, 0.6) is 0 Å². The number of aliphatic imine (C=N–C) groups is 1. The van der Waals surface area contributed by atoms with Crippen LogP contribution >= 0.6 is 23.2 Å². The van der Waals surface area contributed by atoms with Gasteiger partial charge in [0, 0.05) is 27.7 Å². The van der Waals surface area contributed by atoms with Crippen molar-refractivity contribution in [1.82, 2.24) is 0 Å². The molecule has 1 heterocycles. The molecule has 1 fully saturated rings. The van der Waals surface area contributed by atoms with Crippen molar-refractivity contribution in [2.24, 2.45) is 10.9 Å². The third-order valence-electron chi connectivity index (χ3n) is 4.48. The van der Waals surface area contributed by atoms with Crippen LogP contribution in [0.15, 0.2) is 47.5 Å². The van der Waals surface area contributed by atoms with Gasteiger partial charge in [0.1, 0.15) is 0 Å². The van der Waals surface area contributed by atoms with Gasteiger partial charge in [-0.05, 0) is 43.0 Å². The molecule has 0 aromatic heterocycles. The fraction of sp³-hybridized carbons (Fsp3) is 0.263. The maximum atomic E-state index is 14.6. The summed E-state index contributed by atoms with van der Waals surface area (Å²) < 4.78 is 14.6. The van der Waals surface area contributed by atoms with Crippen LogP contribution in [0.3, 0.4) is 0 Å². The molecule has 2 aliphatic rings. The molecule has 0 spiro atoms. The molecular formula is C19H15Cl2FN2O. The number of carbonyl (C=O) groups is 1. The molecule has 4 rings (SSSR count). The molecule has 1 aliphatic carbocycles. The lowest BCUT2D eigenvalue weighted by atomic mass is 10.00. The fourth-order valence-corrected chi connectivity index (χ4v) is 3.43. The van der Waals surface area contributed by atoms with Crippen molar-refractivity contribution in [3.8, 4) is 0 Å². The number of fused-ring (bicyclic) bond motifs is 1. The third kappa shape index (κ3) is 3.16. The van der Waals surface area contributed by atoms with Gasteiger partial charge < -0.3 is 4.90 Å². The lowest BCUT2D eigenvalue weighted by Gasteiger charge is -2.23. The number of hydrogen-bond acceptors (Lipinski definition) is 2. The fourth-order valence-electron chi connectivity index (χ4n) is 3.03. The molecule has 25 heavy (non-hydrogen) atoms. The van der Waals surface area contributed by atoms with Gasteiger partial charge in [-0.3, -0.25) is 4.79 Å². The molecule has 0 N–H and O–H groups in total. The first kappa shape index (κ1) is 16.6. The Morgan fingerprint density at radius 1 is 1.12 bits per heavy atom. The number of benzodiazepines with no additional fused rings is 1. The van der Waals surface area contributed by atoms with Crippen molar-refractivity contribution < 1.29 is 9.18 Å². The minimum absolute atomic E-state index is 0.349. The lowest BCUT2D eigenvalue weighted by molar-refractivity contribution is -0.123. The average molecular weight is 377 g/mol. The first-order valence-electron chi connectivity index (χ1n) is 8.12. The summed E-state index contributed by atoms with van der Waals surface area (Å²) in [5, 5.41) is 0.942. The summed E-state index contributed by atoms with van der Waals surface area (Å²) in [6.45, 7) is 0.499. The monoisotopic (exact) mass is 376 g/mol. The van der Waals surface area contributed by atoms with Crippen molar-refractivity contribution >= 4 is 40.5 Å². The summed E-state index contributed by atoms with van der Waals surface area (Å²) in [6, 6.07) is 12.2. The molecule has 1 atom stereocenters. The first-order chi connectivity index (χ1) is 12.0. The van der Waals surface area contributed by atoms with E-state index in [1.54, 1.807) is 42.5 Å². The van der Waals surface area contributed by atoms with Gasteiger partial charge >= 0.3 is 0 Å². The Balaban J connectivity index is 1.91. The van der Waals surface area contributed by atoms with Crippen molar-refractivity contribution in [1.29, 1.82) is 0 Å². The van der Waals surface area contributed by atoms with Crippen LogP contribution in [0, 0.1) is 5.92 Å². The van der Waals surface area contributed by atoms with E-state index in [-0.39, 0.29) is 0 Å². The van der Waals surface area contributed by atoms with E-state index in [1.165, 1.54) is 4.90 Å². The molecule has 128 valence electrons. The van der Waals surface area contributed by atoms with Crippen LogP contribution in [0.2, 0.25) is 10.0 Å². The Hall–Kier alpha value is -1.91. The molecule has 0 radical (unpaired) electrons. The Morgan fingerprint density at radius 2 is 1.88 bits per heavy atom. The molecule has 1 unspecified atom stereocenters. The molecule has 6 heteroatoms. The van der Waals surface area contributed by atoms with Gasteiger partial charge in [-0.25, -0.2) is 9.38 Å². The number of halogens is 3. The van der Waals surface area contributed by atoms with Crippen LogP contribution in [0.4, 0.5) is 10.1 Å². The summed E-state index contributed by atoms with van der Waals surface area (Å²) in [5.41, 5.74) is 2.17. The van der Waals surface area contributed by atoms with Crippen molar-refractivity contribution in [3.63, 3.8) is 0 Å². The second kappa shape index (κ2) is 6.43. The van der Waals surface area contributed by atoms with E-state index in [0.717, 1.165) is 12.8 Å². The summed E-state index contributed by atoms with van der Waals surface area (Å²) in [7, 11) is 0. The first-order valence-corrected chi connectivity index (χ1v) is 8.88. The maximum absolute atomic E-state index is 14.6. The molecule has 1 aliphatic heterocycles. The predicted molar refractivity (Wildman–Crippen MR) is 98.5 cm³/mol. The summed E-state index contributed by atoms with van der Waals surface area (Å²) in [4.78, 5) is 18.2. The van der Waals surface area contributed by atoms with Crippen LogP contribution < -0.4 is 4.90 Å². The minimum Gasteiger partial charge on any atom is -0.307 e. The molecule has 2 aromatic carbocycles. The van der Waals surface area contributed by atoms with Crippen LogP contribution in [-0.4, -0.2) is 24.5 Å². The van der Waals surface area contributed by atoms with E-state index in [0.29, 0.717) is 45.0 Å². The van der Waals surface area contributed by atoms with Gasteiger partial charge in [0.25, 0.3) is 12.2 Å². The molecule has 3 nitrogen and oxygen atoms in total. The SMILES string of the molecule is O=C1C(F)N=C(c2ccccc2Cl)c2cc(Cl)ccc2N1CC1CC1. The average Bonchev–Trinajstić information content (AvgIpc) is 3.42. The van der Waals surface area contributed by atoms with Gasteiger partial charge in [-0.2, -0.15) is 0 Å². The number of benzene rings is 2. The second-order valence-electron chi connectivity index (χ2n) is 6.35. The molecule has 1 amide bonds. The summed E-state index contributed by atoms with van der Waals surface area (Å²) in [6.07, 6.45) is 0.153. The quantitative estimate of drug-likeness (QED) is 0.702. The number of amides is 1. The highest BCUT2D eigenvalue weighted by atomic mass is 35.5. The van der Waals surface area contributed by atoms with Crippen LogP contribution in [0.25, 0.3) is 0 Å². The van der Waals surface area contributed by atoms with E-state index in [9.17, 15) is 9.18 Å². The number of hydrogen-bond donors (Lipinski definition) is 0. The Bertz CT molecular complexity index is 879.